The first-order valence-corrected chi connectivity index (χ1v) is 5.74. The molecule has 0 fully saturated rings. The van der Waals surface area contributed by atoms with Gasteiger partial charge in [-0.1, -0.05) is 6.08 Å². The molecule has 19 heavy (non-hydrogen) atoms. The highest BCUT2D eigenvalue weighted by atomic mass is 16.3. The first-order valence-electron chi connectivity index (χ1n) is 5.74. The van der Waals surface area contributed by atoms with Gasteiger partial charge in [-0.15, -0.1) is 0 Å². The maximum Gasteiger partial charge on any atom is 0.166 e. The fourth-order valence-electron chi connectivity index (χ4n) is 2.30. The van der Waals surface area contributed by atoms with Gasteiger partial charge in [0.1, 0.15) is 24.1 Å². The van der Waals surface area contributed by atoms with Crippen molar-refractivity contribution in [3.63, 3.8) is 0 Å². The standard InChI is InChI=1S/C11H13N5O3/c12-10-7-11(14-3-13-10)16(4-15-7)6-1-5(2-17)8(18)9(6)19/h1,3-4,6,8-9,17-19H,2H2,(H2,12,13,14)/t6-,8+,9+/m1/s1. The van der Waals surface area contributed by atoms with Gasteiger partial charge in [0.15, 0.2) is 11.5 Å². The van der Waals surface area contributed by atoms with Crippen molar-refractivity contribution in [1.29, 1.82) is 0 Å². The van der Waals surface area contributed by atoms with Gasteiger partial charge in [-0.2, -0.15) is 0 Å². The molecule has 0 aliphatic heterocycles. The van der Waals surface area contributed by atoms with Crippen molar-refractivity contribution < 1.29 is 15.3 Å². The second-order valence-electron chi connectivity index (χ2n) is 4.41. The van der Waals surface area contributed by atoms with Gasteiger partial charge in [0.2, 0.25) is 0 Å². The summed E-state index contributed by atoms with van der Waals surface area (Å²) < 4.78 is 1.60. The largest absolute Gasteiger partial charge is 0.392 e. The van der Waals surface area contributed by atoms with Gasteiger partial charge in [0.25, 0.3) is 0 Å². The quantitative estimate of drug-likeness (QED) is 0.490. The SMILES string of the molecule is Nc1ncnc2c1ncn2[C@@H]1C=C(CO)[C@H](O)[C@H]1O. The number of aliphatic hydroxyl groups is 3. The summed E-state index contributed by atoms with van der Waals surface area (Å²) in [5, 5.41) is 28.9. The normalized spacial score (nSPS) is 26.9. The maximum absolute atomic E-state index is 10.0. The van der Waals surface area contributed by atoms with E-state index in [1.165, 1.54) is 12.7 Å². The lowest BCUT2D eigenvalue weighted by molar-refractivity contribution is 0.0287. The molecule has 2 aromatic rings. The molecule has 1 aliphatic carbocycles. The predicted octanol–water partition coefficient (Wildman–Crippen LogP) is -1.40. The first kappa shape index (κ1) is 12.0. The average molecular weight is 263 g/mol. The summed E-state index contributed by atoms with van der Waals surface area (Å²) in [6.45, 7) is -0.307. The van der Waals surface area contributed by atoms with Crippen LogP contribution in [-0.4, -0.2) is 53.7 Å². The molecule has 3 atom stereocenters. The van der Waals surface area contributed by atoms with Crippen LogP contribution in [0.5, 0.6) is 0 Å². The molecule has 100 valence electrons. The Balaban J connectivity index is 2.11. The van der Waals surface area contributed by atoms with Crippen LogP contribution >= 0.6 is 0 Å². The summed E-state index contributed by atoms with van der Waals surface area (Å²) >= 11 is 0. The molecule has 0 spiro atoms. The van der Waals surface area contributed by atoms with Crippen LogP contribution in [0, 0.1) is 0 Å². The molecular formula is C11H13N5O3. The lowest BCUT2D eigenvalue weighted by atomic mass is 10.1. The first-order chi connectivity index (χ1) is 9.13. The van der Waals surface area contributed by atoms with Crippen LogP contribution in [0.3, 0.4) is 0 Å². The van der Waals surface area contributed by atoms with E-state index in [2.05, 4.69) is 15.0 Å². The van der Waals surface area contributed by atoms with E-state index in [1.54, 1.807) is 10.6 Å². The maximum atomic E-state index is 10.0. The minimum Gasteiger partial charge on any atom is -0.392 e. The van der Waals surface area contributed by atoms with Crippen molar-refractivity contribution in [2.24, 2.45) is 0 Å². The number of nitrogens with two attached hydrogens (primary N) is 1. The Morgan fingerprint density at radius 1 is 1.26 bits per heavy atom. The number of anilines is 1. The molecule has 5 N–H and O–H groups in total. The number of fused-ring (bicyclic) bond motifs is 1. The van der Waals surface area contributed by atoms with Crippen LogP contribution in [0.2, 0.25) is 0 Å². The number of hydrogen-bond donors (Lipinski definition) is 4. The van der Waals surface area contributed by atoms with Crippen molar-refractivity contribution in [3.05, 3.63) is 24.3 Å². The predicted molar refractivity (Wildman–Crippen MR) is 66.0 cm³/mol. The second kappa shape index (κ2) is 4.26. The minimum atomic E-state index is -1.09. The van der Waals surface area contributed by atoms with Crippen LogP contribution in [0.15, 0.2) is 24.3 Å². The molecule has 0 saturated heterocycles. The van der Waals surface area contributed by atoms with Crippen LogP contribution in [0.25, 0.3) is 11.2 Å². The lowest BCUT2D eigenvalue weighted by Gasteiger charge is -2.18. The Morgan fingerprint density at radius 3 is 2.74 bits per heavy atom. The monoisotopic (exact) mass is 263 g/mol. The lowest BCUT2D eigenvalue weighted by Crippen LogP contribution is -2.30. The smallest absolute Gasteiger partial charge is 0.166 e. The van der Waals surface area contributed by atoms with Gasteiger partial charge in [0.05, 0.1) is 19.0 Å². The van der Waals surface area contributed by atoms with E-state index in [0.29, 0.717) is 16.7 Å². The fourth-order valence-corrected chi connectivity index (χ4v) is 2.30. The highest BCUT2D eigenvalue weighted by Crippen LogP contribution is 2.31. The van der Waals surface area contributed by atoms with Crippen molar-refractivity contribution >= 4 is 17.0 Å². The van der Waals surface area contributed by atoms with Crippen LogP contribution < -0.4 is 5.73 Å². The molecule has 0 radical (unpaired) electrons. The van der Waals surface area contributed by atoms with Crippen LogP contribution in [-0.2, 0) is 0 Å². The van der Waals surface area contributed by atoms with E-state index in [4.69, 9.17) is 10.8 Å². The number of rotatable bonds is 2. The van der Waals surface area contributed by atoms with E-state index in [0.717, 1.165) is 0 Å². The second-order valence-corrected chi connectivity index (χ2v) is 4.41. The number of aromatic nitrogens is 4. The Bertz CT molecular complexity index is 653. The molecular weight excluding hydrogens is 250 g/mol. The van der Waals surface area contributed by atoms with Gasteiger partial charge in [-0.25, -0.2) is 15.0 Å². The van der Waals surface area contributed by atoms with E-state index < -0.39 is 18.2 Å². The van der Waals surface area contributed by atoms with Crippen molar-refractivity contribution in [1.82, 2.24) is 19.5 Å². The zero-order chi connectivity index (χ0) is 13.6. The van der Waals surface area contributed by atoms with Crippen LogP contribution in [0.4, 0.5) is 5.82 Å². The van der Waals surface area contributed by atoms with E-state index in [1.807, 2.05) is 0 Å². The van der Waals surface area contributed by atoms with E-state index >= 15 is 0 Å². The molecule has 3 rings (SSSR count). The third kappa shape index (κ3) is 1.69. The summed E-state index contributed by atoms with van der Waals surface area (Å²) in [6.07, 6.45) is 2.24. The van der Waals surface area contributed by atoms with Crippen LogP contribution in [0.1, 0.15) is 6.04 Å². The zero-order valence-electron chi connectivity index (χ0n) is 9.88. The molecule has 2 aromatic heterocycles. The van der Waals surface area contributed by atoms with E-state index in [-0.39, 0.29) is 12.4 Å². The Labute approximate surface area is 107 Å². The topological polar surface area (TPSA) is 130 Å². The molecule has 0 bridgehead atoms. The molecule has 8 nitrogen and oxygen atoms in total. The molecule has 0 amide bonds. The Morgan fingerprint density at radius 2 is 2.05 bits per heavy atom. The Kier molecular flexibility index (Phi) is 2.70. The summed E-state index contributed by atoms with van der Waals surface area (Å²) in [5.41, 5.74) is 6.98. The number of hydrogen-bond acceptors (Lipinski definition) is 7. The molecule has 2 heterocycles. The average Bonchev–Trinajstić information content (AvgIpc) is 2.94. The zero-order valence-corrected chi connectivity index (χ0v) is 9.88. The minimum absolute atomic E-state index is 0.253. The van der Waals surface area contributed by atoms with E-state index in [9.17, 15) is 10.2 Å². The molecule has 1 aliphatic rings. The summed E-state index contributed by atoms with van der Waals surface area (Å²) in [7, 11) is 0. The van der Waals surface area contributed by atoms with Crippen molar-refractivity contribution in [3.8, 4) is 0 Å². The van der Waals surface area contributed by atoms with Gasteiger partial charge >= 0.3 is 0 Å². The number of nitrogens with zero attached hydrogens (tertiary/aromatic N) is 4. The number of aliphatic hydroxyl groups excluding tert-OH is 3. The summed E-state index contributed by atoms with van der Waals surface area (Å²) in [4.78, 5) is 12.0. The summed E-state index contributed by atoms with van der Waals surface area (Å²) in [6, 6.07) is -0.545. The third-order valence-electron chi connectivity index (χ3n) is 3.33. The highest BCUT2D eigenvalue weighted by Gasteiger charge is 2.36. The molecule has 0 aromatic carbocycles. The van der Waals surface area contributed by atoms with Gasteiger partial charge < -0.3 is 25.6 Å². The molecule has 8 heteroatoms. The van der Waals surface area contributed by atoms with Crippen molar-refractivity contribution in [2.45, 2.75) is 18.2 Å². The van der Waals surface area contributed by atoms with Gasteiger partial charge in [-0.3, -0.25) is 0 Å². The van der Waals surface area contributed by atoms with Crippen molar-refractivity contribution in [2.75, 3.05) is 12.3 Å². The number of nitrogen functional groups attached to an aromatic ring is 1. The molecule has 0 unspecified atom stereocenters. The highest BCUT2D eigenvalue weighted by molar-refractivity contribution is 5.81. The fraction of sp³-hybridized carbons (Fsp3) is 0.364. The van der Waals surface area contributed by atoms with Gasteiger partial charge in [-0.05, 0) is 5.57 Å². The third-order valence-corrected chi connectivity index (χ3v) is 3.33. The molecule has 0 saturated carbocycles. The Hall–Kier alpha value is -2.03. The summed E-state index contributed by atoms with van der Waals surface area (Å²) in [5.74, 6) is 0.253. The number of imidazole rings is 1. The van der Waals surface area contributed by atoms with Gasteiger partial charge in [0, 0.05) is 0 Å².